The van der Waals surface area contributed by atoms with Gasteiger partial charge in [-0.1, -0.05) is 18.2 Å². The topological polar surface area (TPSA) is 69.6 Å². The van der Waals surface area contributed by atoms with Crippen LogP contribution < -0.4 is 5.73 Å². The highest BCUT2D eigenvalue weighted by Gasteiger charge is 2.14. The number of thiophene rings is 1. The van der Waals surface area contributed by atoms with Gasteiger partial charge >= 0.3 is 0 Å². The van der Waals surface area contributed by atoms with Crippen LogP contribution in [0.2, 0.25) is 0 Å². The van der Waals surface area contributed by atoms with Gasteiger partial charge in [0.1, 0.15) is 0 Å². The third kappa shape index (κ3) is 2.00. The van der Waals surface area contributed by atoms with E-state index in [1.165, 1.54) is 14.9 Å². The molecule has 1 aromatic carbocycles. The minimum absolute atomic E-state index is 0.0923. The Morgan fingerprint density at radius 1 is 1.39 bits per heavy atom. The summed E-state index contributed by atoms with van der Waals surface area (Å²) in [5, 5.41) is 15.3. The second-order valence-electron chi connectivity index (χ2n) is 4.19. The summed E-state index contributed by atoms with van der Waals surface area (Å²) in [5.41, 5.74) is 7.39. The van der Waals surface area contributed by atoms with Gasteiger partial charge in [-0.25, -0.2) is 0 Å². The van der Waals surface area contributed by atoms with E-state index in [0.717, 1.165) is 5.56 Å². The van der Waals surface area contributed by atoms with Crippen molar-refractivity contribution in [1.82, 2.24) is 20.2 Å². The van der Waals surface area contributed by atoms with Crippen molar-refractivity contribution in [3.8, 4) is 0 Å². The molecule has 6 heteroatoms. The molecule has 2 aromatic heterocycles. The minimum atomic E-state index is -0.0923. The fraction of sp³-hybridized carbons (Fsp3) is 0.250. The van der Waals surface area contributed by atoms with E-state index in [0.29, 0.717) is 12.2 Å². The molecule has 0 fully saturated rings. The fourth-order valence-electron chi connectivity index (χ4n) is 2.00. The van der Waals surface area contributed by atoms with Crippen molar-refractivity contribution >= 4 is 21.4 Å². The second-order valence-corrected chi connectivity index (χ2v) is 5.10. The number of hydrogen-bond donors (Lipinski definition) is 1. The molecule has 2 N–H and O–H groups in total. The highest BCUT2D eigenvalue weighted by molar-refractivity contribution is 7.17. The molecular weight excluding hydrogens is 246 g/mol. The number of nitrogens with two attached hydrogens (primary N) is 1. The van der Waals surface area contributed by atoms with Crippen molar-refractivity contribution in [3.05, 3.63) is 41.0 Å². The van der Waals surface area contributed by atoms with Crippen molar-refractivity contribution in [2.75, 3.05) is 0 Å². The third-order valence-electron chi connectivity index (χ3n) is 2.86. The van der Waals surface area contributed by atoms with E-state index in [9.17, 15) is 0 Å². The number of rotatable bonds is 3. The molecule has 0 saturated carbocycles. The normalized spacial score (nSPS) is 13.0. The number of aryl methyl sites for hydroxylation is 1. The van der Waals surface area contributed by atoms with Crippen LogP contribution in [0.4, 0.5) is 0 Å². The van der Waals surface area contributed by atoms with E-state index in [-0.39, 0.29) is 6.04 Å². The van der Waals surface area contributed by atoms with E-state index in [2.05, 4.69) is 32.9 Å². The zero-order valence-corrected chi connectivity index (χ0v) is 10.8. The summed E-state index contributed by atoms with van der Waals surface area (Å²) in [6.45, 7) is 0. The first-order chi connectivity index (χ1) is 8.74. The average Bonchev–Trinajstić information content (AvgIpc) is 2.95. The van der Waals surface area contributed by atoms with Gasteiger partial charge in [0.2, 0.25) is 0 Å². The maximum atomic E-state index is 6.24. The molecule has 92 valence electrons. The molecule has 2 heterocycles. The Kier molecular flexibility index (Phi) is 2.81. The Bertz CT molecular complexity index is 672. The lowest BCUT2D eigenvalue weighted by atomic mass is 10.0. The lowest BCUT2D eigenvalue weighted by Gasteiger charge is -2.07. The Morgan fingerprint density at radius 2 is 2.22 bits per heavy atom. The van der Waals surface area contributed by atoms with Gasteiger partial charge in [-0.3, -0.25) is 0 Å². The smallest absolute Gasteiger partial charge is 0.176 e. The molecule has 18 heavy (non-hydrogen) atoms. The number of fused-ring (bicyclic) bond motifs is 1. The minimum Gasteiger partial charge on any atom is -0.324 e. The first kappa shape index (κ1) is 11.3. The summed E-state index contributed by atoms with van der Waals surface area (Å²) in [6, 6.07) is 8.19. The Labute approximate surface area is 108 Å². The highest BCUT2D eigenvalue weighted by Crippen LogP contribution is 2.30. The number of nitrogens with zero attached hydrogens (tertiary/aromatic N) is 4. The van der Waals surface area contributed by atoms with Crippen LogP contribution in [0, 0.1) is 0 Å². The Hall–Kier alpha value is -1.79. The number of benzene rings is 1. The molecule has 0 saturated heterocycles. The second kappa shape index (κ2) is 4.47. The summed E-state index contributed by atoms with van der Waals surface area (Å²) in [7, 11) is 1.75. The van der Waals surface area contributed by atoms with Crippen LogP contribution in [0.15, 0.2) is 29.6 Å². The monoisotopic (exact) mass is 259 g/mol. The summed E-state index contributed by atoms with van der Waals surface area (Å²) in [6.07, 6.45) is 0.606. The van der Waals surface area contributed by atoms with Crippen molar-refractivity contribution in [2.45, 2.75) is 12.5 Å². The number of tetrazole rings is 1. The quantitative estimate of drug-likeness (QED) is 0.776. The van der Waals surface area contributed by atoms with Crippen LogP contribution in [0.1, 0.15) is 17.4 Å². The van der Waals surface area contributed by atoms with Gasteiger partial charge in [0.25, 0.3) is 0 Å². The van der Waals surface area contributed by atoms with E-state index in [4.69, 9.17) is 5.73 Å². The summed E-state index contributed by atoms with van der Waals surface area (Å²) in [5.74, 6) is 0.681. The lowest BCUT2D eigenvalue weighted by molar-refractivity contribution is 0.623. The maximum absolute atomic E-state index is 6.24. The molecule has 1 unspecified atom stereocenters. The van der Waals surface area contributed by atoms with Crippen LogP contribution >= 0.6 is 11.3 Å². The largest absolute Gasteiger partial charge is 0.324 e. The molecule has 0 aliphatic rings. The molecule has 3 rings (SSSR count). The van der Waals surface area contributed by atoms with Crippen molar-refractivity contribution < 1.29 is 0 Å². The van der Waals surface area contributed by atoms with Gasteiger partial charge < -0.3 is 5.73 Å². The molecule has 0 radical (unpaired) electrons. The number of hydrogen-bond acceptors (Lipinski definition) is 5. The van der Waals surface area contributed by atoms with Gasteiger partial charge in [-0.05, 0) is 27.6 Å². The first-order valence-electron chi connectivity index (χ1n) is 5.68. The van der Waals surface area contributed by atoms with Crippen LogP contribution in [0.5, 0.6) is 0 Å². The van der Waals surface area contributed by atoms with E-state index >= 15 is 0 Å². The molecule has 0 bridgehead atoms. The van der Waals surface area contributed by atoms with Gasteiger partial charge in [0.15, 0.2) is 5.82 Å². The lowest BCUT2D eigenvalue weighted by Crippen LogP contribution is -2.13. The fourth-order valence-corrected chi connectivity index (χ4v) is 3.02. The zero-order chi connectivity index (χ0) is 12.5. The van der Waals surface area contributed by atoms with Crippen molar-refractivity contribution in [3.63, 3.8) is 0 Å². The Balaban J connectivity index is 1.90. The molecule has 0 spiro atoms. The van der Waals surface area contributed by atoms with E-state index in [1.807, 2.05) is 12.1 Å². The predicted molar refractivity (Wildman–Crippen MR) is 71.3 cm³/mol. The molecule has 0 amide bonds. The molecule has 0 aliphatic carbocycles. The highest BCUT2D eigenvalue weighted by atomic mass is 32.1. The molecule has 5 nitrogen and oxygen atoms in total. The summed E-state index contributed by atoms with van der Waals surface area (Å²) in [4.78, 5) is 1.45. The first-order valence-corrected chi connectivity index (χ1v) is 6.56. The van der Waals surface area contributed by atoms with Gasteiger partial charge in [0.05, 0.1) is 7.05 Å². The average molecular weight is 259 g/mol. The zero-order valence-electron chi connectivity index (χ0n) is 9.95. The van der Waals surface area contributed by atoms with Crippen molar-refractivity contribution in [1.29, 1.82) is 0 Å². The predicted octanol–water partition coefficient (Wildman–Crippen LogP) is 1.67. The third-order valence-corrected chi connectivity index (χ3v) is 3.84. The molecular formula is C12H13N5S. The van der Waals surface area contributed by atoms with Gasteiger partial charge in [-0.2, -0.15) is 4.80 Å². The summed E-state index contributed by atoms with van der Waals surface area (Å²) < 4.78 is 1.26. The van der Waals surface area contributed by atoms with Crippen molar-refractivity contribution in [2.24, 2.45) is 12.8 Å². The van der Waals surface area contributed by atoms with Crippen LogP contribution in [-0.2, 0) is 13.5 Å². The van der Waals surface area contributed by atoms with Crippen LogP contribution in [0.3, 0.4) is 0 Å². The standard InChI is InChI=1S/C12H13N5S/c1-17-15-12(14-16-17)6-10(13)9-7-18-11-5-3-2-4-8(9)11/h2-5,7,10H,6,13H2,1H3. The van der Waals surface area contributed by atoms with Gasteiger partial charge in [0, 0.05) is 17.2 Å². The van der Waals surface area contributed by atoms with E-state index < -0.39 is 0 Å². The van der Waals surface area contributed by atoms with E-state index in [1.54, 1.807) is 18.4 Å². The molecule has 3 aromatic rings. The van der Waals surface area contributed by atoms with Crippen LogP contribution in [0.25, 0.3) is 10.1 Å². The maximum Gasteiger partial charge on any atom is 0.176 e. The SMILES string of the molecule is Cn1nnc(CC(N)c2csc3ccccc23)n1. The van der Waals surface area contributed by atoms with Crippen LogP contribution in [-0.4, -0.2) is 20.2 Å². The summed E-state index contributed by atoms with van der Waals surface area (Å²) >= 11 is 1.72. The molecule has 1 atom stereocenters. The molecule has 0 aliphatic heterocycles. The number of aromatic nitrogens is 4. The Morgan fingerprint density at radius 3 is 3.00 bits per heavy atom. The van der Waals surface area contributed by atoms with Gasteiger partial charge in [-0.15, -0.1) is 21.5 Å².